The summed E-state index contributed by atoms with van der Waals surface area (Å²) in [6.45, 7) is 5.69. The fourth-order valence-electron chi connectivity index (χ4n) is 1.80. The van der Waals surface area contributed by atoms with Gasteiger partial charge in [-0.25, -0.2) is 17.9 Å². The normalized spacial score (nSPS) is 12.6. The SMILES string of the molecule is C=CCNS(=O)(=O)c1cc(C(=O)O)ccc1N[C@H](C)COC. The zero-order valence-corrected chi connectivity index (χ0v) is 13.3. The van der Waals surface area contributed by atoms with E-state index in [0.29, 0.717) is 12.3 Å². The molecular weight excluding hydrogens is 308 g/mol. The van der Waals surface area contributed by atoms with Gasteiger partial charge in [0, 0.05) is 19.7 Å². The molecule has 0 saturated carbocycles. The molecule has 1 rings (SSSR count). The minimum Gasteiger partial charge on any atom is -0.478 e. The zero-order chi connectivity index (χ0) is 16.8. The van der Waals surface area contributed by atoms with Crippen molar-refractivity contribution in [2.24, 2.45) is 0 Å². The molecule has 0 amide bonds. The maximum atomic E-state index is 12.3. The number of carboxylic acid groups (broad SMARTS) is 1. The van der Waals surface area contributed by atoms with Crippen LogP contribution in [0.4, 0.5) is 5.69 Å². The van der Waals surface area contributed by atoms with Gasteiger partial charge in [0.15, 0.2) is 0 Å². The lowest BCUT2D eigenvalue weighted by Crippen LogP contribution is -2.27. The molecular formula is C14H20N2O5S. The third-order valence-electron chi connectivity index (χ3n) is 2.75. The summed E-state index contributed by atoms with van der Waals surface area (Å²) in [6.07, 6.45) is 1.40. The number of ether oxygens (including phenoxy) is 1. The van der Waals surface area contributed by atoms with E-state index in [0.717, 1.165) is 6.07 Å². The number of hydrogen-bond donors (Lipinski definition) is 3. The molecule has 1 aromatic rings. The summed E-state index contributed by atoms with van der Waals surface area (Å²) in [5, 5.41) is 12.0. The van der Waals surface area contributed by atoms with Crippen molar-refractivity contribution in [3.63, 3.8) is 0 Å². The van der Waals surface area contributed by atoms with Gasteiger partial charge in [0.1, 0.15) is 4.90 Å². The van der Waals surface area contributed by atoms with Gasteiger partial charge in [0.05, 0.1) is 17.9 Å². The van der Waals surface area contributed by atoms with Gasteiger partial charge < -0.3 is 15.2 Å². The van der Waals surface area contributed by atoms with Crippen molar-refractivity contribution in [1.29, 1.82) is 0 Å². The summed E-state index contributed by atoms with van der Waals surface area (Å²) in [5.41, 5.74) is 0.204. The summed E-state index contributed by atoms with van der Waals surface area (Å²) in [7, 11) is -2.32. The highest BCUT2D eigenvalue weighted by atomic mass is 32.2. The van der Waals surface area contributed by atoms with E-state index in [1.165, 1.54) is 25.3 Å². The van der Waals surface area contributed by atoms with E-state index in [9.17, 15) is 13.2 Å². The number of nitrogens with one attached hydrogen (secondary N) is 2. The molecule has 8 heteroatoms. The smallest absolute Gasteiger partial charge is 0.335 e. The van der Waals surface area contributed by atoms with E-state index < -0.39 is 16.0 Å². The van der Waals surface area contributed by atoms with Gasteiger partial charge >= 0.3 is 5.97 Å². The van der Waals surface area contributed by atoms with Crippen molar-refractivity contribution < 1.29 is 23.1 Å². The fraction of sp³-hybridized carbons (Fsp3) is 0.357. The van der Waals surface area contributed by atoms with E-state index >= 15 is 0 Å². The molecule has 0 aliphatic rings. The molecule has 0 saturated heterocycles. The Hall–Kier alpha value is -1.90. The van der Waals surface area contributed by atoms with Crippen molar-refractivity contribution in [2.75, 3.05) is 25.6 Å². The lowest BCUT2D eigenvalue weighted by molar-refractivity contribution is 0.0696. The average molecular weight is 328 g/mol. The van der Waals surface area contributed by atoms with Gasteiger partial charge in [0.25, 0.3) is 0 Å². The molecule has 22 heavy (non-hydrogen) atoms. The third kappa shape index (κ3) is 4.83. The van der Waals surface area contributed by atoms with Crippen molar-refractivity contribution >= 4 is 21.7 Å². The number of carboxylic acids is 1. The number of sulfonamides is 1. The molecule has 1 aromatic carbocycles. The highest BCUT2D eigenvalue weighted by Gasteiger charge is 2.21. The lowest BCUT2D eigenvalue weighted by atomic mass is 10.2. The van der Waals surface area contributed by atoms with Crippen LogP contribution in [0, 0.1) is 0 Å². The molecule has 3 N–H and O–H groups in total. The summed E-state index contributed by atoms with van der Waals surface area (Å²) < 4.78 is 31.9. The molecule has 0 radical (unpaired) electrons. The van der Waals surface area contributed by atoms with Crippen LogP contribution < -0.4 is 10.0 Å². The number of anilines is 1. The molecule has 0 heterocycles. The molecule has 0 unspecified atom stereocenters. The monoisotopic (exact) mass is 328 g/mol. The van der Waals surface area contributed by atoms with Crippen LogP contribution in [-0.2, 0) is 14.8 Å². The topological polar surface area (TPSA) is 105 Å². The van der Waals surface area contributed by atoms with Gasteiger partial charge in [-0.05, 0) is 25.1 Å². The third-order valence-corrected chi connectivity index (χ3v) is 4.22. The van der Waals surface area contributed by atoms with Crippen LogP contribution in [0.1, 0.15) is 17.3 Å². The number of hydrogen-bond acceptors (Lipinski definition) is 5. The second-order valence-electron chi connectivity index (χ2n) is 4.66. The molecule has 0 aliphatic heterocycles. The molecule has 0 aromatic heterocycles. The van der Waals surface area contributed by atoms with Crippen LogP contribution in [0.25, 0.3) is 0 Å². The number of methoxy groups -OCH3 is 1. The van der Waals surface area contributed by atoms with E-state index in [1.54, 1.807) is 0 Å². The van der Waals surface area contributed by atoms with Gasteiger partial charge in [-0.1, -0.05) is 6.08 Å². The van der Waals surface area contributed by atoms with Crippen LogP contribution in [0.2, 0.25) is 0 Å². The lowest BCUT2D eigenvalue weighted by Gasteiger charge is -2.18. The average Bonchev–Trinajstić information content (AvgIpc) is 2.45. The van der Waals surface area contributed by atoms with E-state index in [2.05, 4.69) is 16.6 Å². The Balaban J connectivity index is 3.26. The summed E-state index contributed by atoms with van der Waals surface area (Å²) in [4.78, 5) is 10.9. The highest BCUT2D eigenvalue weighted by molar-refractivity contribution is 7.89. The number of benzene rings is 1. The Morgan fingerprint density at radius 1 is 1.50 bits per heavy atom. The first-order valence-electron chi connectivity index (χ1n) is 6.55. The first kappa shape index (κ1) is 18.1. The van der Waals surface area contributed by atoms with Gasteiger partial charge in [0.2, 0.25) is 10.0 Å². The van der Waals surface area contributed by atoms with Crippen LogP contribution in [0.5, 0.6) is 0 Å². The molecule has 0 aliphatic carbocycles. The van der Waals surface area contributed by atoms with Crippen LogP contribution in [0.3, 0.4) is 0 Å². The first-order valence-corrected chi connectivity index (χ1v) is 8.03. The van der Waals surface area contributed by atoms with Crippen LogP contribution >= 0.6 is 0 Å². The number of aromatic carboxylic acids is 1. The molecule has 122 valence electrons. The largest absolute Gasteiger partial charge is 0.478 e. The Kier molecular flexibility index (Phi) is 6.54. The minimum atomic E-state index is -3.86. The van der Waals surface area contributed by atoms with Crippen molar-refractivity contribution in [1.82, 2.24) is 4.72 Å². The van der Waals surface area contributed by atoms with Crippen molar-refractivity contribution in [2.45, 2.75) is 17.9 Å². The minimum absolute atomic E-state index is 0.0483. The maximum absolute atomic E-state index is 12.3. The maximum Gasteiger partial charge on any atom is 0.335 e. The quantitative estimate of drug-likeness (QED) is 0.590. The number of rotatable bonds is 9. The highest BCUT2D eigenvalue weighted by Crippen LogP contribution is 2.23. The molecule has 1 atom stereocenters. The predicted molar refractivity (Wildman–Crippen MR) is 83.7 cm³/mol. The first-order chi connectivity index (χ1) is 10.3. The Bertz CT molecular complexity index is 643. The van der Waals surface area contributed by atoms with Gasteiger partial charge in [-0.2, -0.15) is 0 Å². The Morgan fingerprint density at radius 2 is 2.18 bits per heavy atom. The molecule has 0 fully saturated rings. The second kappa shape index (κ2) is 7.92. The van der Waals surface area contributed by atoms with E-state index in [4.69, 9.17) is 9.84 Å². The van der Waals surface area contributed by atoms with Crippen LogP contribution in [0.15, 0.2) is 35.7 Å². The van der Waals surface area contributed by atoms with Gasteiger partial charge in [-0.3, -0.25) is 0 Å². The fourth-order valence-corrected chi connectivity index (χ4v) is 2.99. The second-order valence-corrected chi connectivity index (χ2v) is 6.39. The Labute approximate surface area is 130 Å². The van der Waals surface area contributed by atoms with E-state index in [-0.39, 0.29) is 23.0 Å². The molecule has 7 nitrogen and oxygen atoms in total. The van der Waals surface area contributed by atoms with Crippen molar-refractivity contribution in [3.8, 4) is 0 Å². The van der Waals surface area contributed by atoms with E-state index in [1.807, 2.05) is 6.92 Å². The molecule has 0 bridgehead atoms. The predicted octanol–water partition coefficient (Wildman–Crippen LogP) is 1.30. The molecule has 0 spiro atoms. The summed E-state index contributed by atoms with van der Waals surface area (Å²) in [6, 6.07) is 3.75. The summed E-state index contributed by atoms with van der Waals surface area (Å²) in [5.74, 6) is -1.20. The number of carbonyl (C=O) groups is 1. The Morgan fingerprint density at radius 3 is 2.73 bits per heavy atom. The van der Waals surface area contributed by atoms with Crippen LogP contribution in [-0.4, -0.2) is 45.8 Å². The van der Waals surface area contributed by atoms with Gasteiger partial charge in [-0.15, -0.1) is 6.58 Å². The zero-order valence-electron chi connectivity index (χ0n) is 12.5. The summed E-state index contributed by atoms with van der Waals surface area (Å²) >= 11 is 0. The van der Waals surface area contributed by atoms with Crippen molar-refractivity contribution in [3.05, 3.63) is 36.4 Å². The standard InChI is InChI=1S/C14H20N2O5S/c1-4-7-15-22(19,20)13-8-11(14(17)18)5-6-12(13)16-10(2)9-21-3/h4-6,8,10,15-16H,1,7,9H2,2-3H3,(H,17,18)/t10-/m1/s1.